The van der Waals surface area contributed by atoms with Gasteiger partial charge in [-0.05, 0) is 25.0 Å². The molecule has 0 aromatic heterocycles. The van der Waals surface area contributed by atoms with Crippen molar-refractivity contribution >= 4 is 11.6 Å². The lowest BCUT2D eigenvalue weighted by atomic mass is 9.89. The highest BCUT2D eigenvalue weighted by molar-refractivity contribution is 5.96. The van der Waals surface area contributed by atoms with Crippen molar-refractivity contribution in [3.63, 3.8) is 0 Å². The van der Waals surface area contributed by atoms with Crippen molar-refractivity contribution in [3.05, 3.63) is 29.3 Å². The highest BCUT2D eigenvalue weighted by atomic mass is 19.1. The molecule has 0 spiro atoms. The number of anilines is 1. The van der Waals surface area contributed by atoms with Crippen LogP contribution in [0.5, 0.6) is 0 Å². The molecule has 4 nitrogen and oxygen atoms in total. The molecule has 1 aliphatic carbocycles. The molecule has 2 N–H and O–H groups in total. The predicted molar refractivity (Wildman–Crippen MR) is 73.8 cm³/mol. The highest BCUT2D eigenvalue weighted by Crippen LogP contribution is 2.30. The van der Waals surface area contributed by atoms with Crippen LogP contribution in [0.4, 0.5) is 14.5 Å². The lowest BCUT2D eigenvalue weighted by Gasteiger charge is -2.43. The maximum absolute atomic E-state index is 14.0. The van der Waals surface area contributed by atoms with E-state index in [4.69, 9.17) is 10.5 Å². The third kappa shape index (κ3) is 2.48. The summed E-state index contributed by atoms with van der Waals surface area (Å²) in [7, 11) is 0. The van der Waals surface area contributed by atoms with Gasteiger partial charge in [0, 0.05) is 6.54 Å². The molecule has 2 unspecified atom stereocenters. The lowest BCUT2D eigenvalue weighted by Crippen LogP contribution is -2.55. The Balaban J connectivity index is 1.92. The smallest absolute Gasteiger partial charge is 0.260 e. The van der Waals surface area contributed by atoms with Gasteiger partial charge in [-0.1, -0.05) is 12.8 Å². The summed E-state index contributed by atoms with van der Waals surface area (Å²) in [6, 6.07) is 2.06. The van der Waals surface area contributed by atoms with E-state index in [1.54, 1.807) is 4.90 Å². The van der Waals surface area contributed by atoms with Gasteiger partial charge in [0.25, 0.3) is 5.91 Å². The summed E-state index contributed by atoms with van der Waals surface area (Å²) in [6.07, 6.45) is 3.72. The first-order chi connectivity index (χ1) is 10.1. The van der Waals surface area contributed by atoms with E-state index in [1.807, 2.05) is 0 Å². The monoisotopic (exact) mass is 296 g/mol. The molecule has 2 atom stereocenters. The largest absolute Gasteiger partial charge is 0.396 e. The summed E-state index contributed by atoms with van der Waals surface area (Å²) in [5.41, 5.74) is 4.68. The van der Waals surface area contributed by atoms with Crippen LogP contribution >= 0.6 is 0 Å². The molecule has 1 saturated carbocycles. The van der Waals surface area contributed by atoms with E-state index >= 15 is 0 Å². The van der Waals surface area contributed by atoms with Crippen LogP contribution in [0, 0.1) is 11.6 Å². The minimum Gasteiger partial charge on any atom is -0.396 e. The Morgan fingerprint density at radius 3 is 2.86 bits per heavy atom. The highest BCUT2D eigenvalue weighted by Gasteiger charge is 2.38. The summed E-state index contributed by atoms with van der Waals surface area (Å²) in [4.78, 5) is 14.1. The second-order valence-electron chi connectivity index (χ2n) is 5.59. The van der Waals surface area contributed by atoms with Crippen LogP contribution in [0.2, 0.25) is 0 Å². The van der Waals surface area contributed by atoms with Crippen molar-refractivity contribution in [2.75, 3.05) is 18.9 Å². The summed E-state index contributed by atoms with van der Waals surface area (Å²) in [6.45, 7) is 0.756. The van der Waals surface area contributed by atoms with Gasteiger partial charge in [-0.15, -0.1) is 0 Å². The Labute approximate surface area is 121 Å². The number of hydrogen-bond donors (Lipinski definition) is 1. The third-order valence-corrected chi connectivity index (χ3v) is 4.33. The van der Waals surface area contributed by atoms with Gasteiger partial charge < -0.3 is 15.4 Å². The van der Waals surface area contributed by atoms with Crippen molar-refractivity contribution < 1.29 is 18.3 Å². The quantitative estimate of drug-likeness (QED) is 0.809. The zero-order chi connectivity index (χ0) is 15.0. The summed E-state index contributed by atoms with van der Waals surface area (Å²) in [5.74, 6) is -2.47. The number of rotatable bonds is 1. The molecule has 0 radical (unpaired) electrons. The number of halogens is 2. The molecule has 21 heavy (non-hydrogen) atoms. The number of carbonyl (C=O) groups is 1. The molecule has 1 aromatic rings. The van der Waals surface area contributed by atoms with E-state index in [-0.39, 0.29) is 17.8 Å². The number of carbonyl (C=O) groups excluding carboxylic acids is 1. The average molecular weight is 296 g/mol. The van der Waals surface area contributed by atoms with E-state index in [9.17, 15) is 13.6 Å². The standard InChI is InChI=1S/C15H18F2N2O2/c16-9-5-6-10(18)14(17)13(9)15(20)19-7-8-21-12-4-2-1-3-11(12)19/h5-6,11-12H,1-4,7-8,18H2. The normalized spacial score (nSPS) is 25.5. The van der Waals surface area contributed by atoms with E-state index in [2.05, 4.69) is 0 Å². The van der Waals surface area contributed by atoms with Gasteiger partial charge in [-0.2, -0.15) is 0 Å². The minimum absolute atomic E-state index is 0.0244. The summed E-state index contributed by atoms with van der Waals surface area (Å²) < 4.78 is 33.6. The van der Waals surface area contributed by atoms with E-state index in [0.29, 0.717) is 13.2 Å². The molecule has 1 amide bonds. The topological polar surface area (TPSA) is 55.6 Å². The predicted octanol–water partition coefficient (Wildman–Crippen LogP) is 2.33. The molecule has 0 bridgehead atoms. The molecule has 1 aromatic carbocycles. The fourth-order valence-corrected chi connectivity index (χ4v) is 3.26. The zero-order valence-corrected chi connectivity index (χ0v) is 11.6. The fourth-order valence-electron chi connectivity index (χ4n) is 3.26. The first-order valence-electron chi connectivity index (χ1n) is 7.25. The molecule has 1 saturated heterocycles. The fraction of sp³-hybridized carbons (Fsp3) is 0.533. The molecule has 1 heterocycles. The molecule has 1 aliphatic heterocycles. The Kier molecular flexibility index (Phi) is 3.80. The maximum atomic E-state index is 14.0. The van der Waals surface area contributed by atoms with Gasteiger partial charge in [0.05, 0.1) is 24.4 Å². The Morgan fingerprint density at radius 1 is 1.29 bits per heavy atom. The zero-order valence-electron chi connectivity index (χ0n) is 11.6. The second-order valence-corrected chi connectivity index (χ2v) is 5.59. The molecule has 2 aliphatic rings. The SMILES string of the molecule is Nc1ccc(F)c(C(=O)N2CCOC3CCCCC32)c1F. The van der Waals surface area contributed by atoms with Crippen molar-refractivity contribution in [2.45, 2.75) is 37.8 Å². The average Bonchev–Trinajstić information content (AvgIpc) is 2.50. The number of ether oxygens (including phenoxy) is 1. The number of nitrogens with zero attached hydrogens (tertiary/aromatic N) is 1. The van der Waals surface area contributed by atoms with Crippen molar-refractivity contribution in [1.82, 2.24) is 4.90 Å². The van der Waals surface area contributed by atoms with E-state index in [1.165, 1.54) is 0 Å². The first-order valence-corrected chi connectivity index (χ1v) is 7.25. The van der Waals surface area contributed by atoms with Crippen LogP contribution in [0.15, 0.2) is 12.1 Å². The van der Waals surface area contributed by atoms with Gasteiger partial charge in [0.2, 0.25) is 0 Å². The first kappa shape index (κ1) is 14.3. The van der Waals surface area contributed by atoms with Gasteiger partial charge in [0.15, 0.2) is 5.82 Å². The summed E-state index contributed by atoms with van der Waals surface area (Å²) in [5, 5.41) is 0. The van der Waals surface area contributed by atoms with Crippen LogP contribution in [-0.2, 0) is 4.74 Å². The third-order valence-electron chi connectivity index (χ3n) is 4.33. The molecular formula is C15H18F2N2O2. The number of amides is 1. The molecule has 2 fully saturated rings. The number of morpholine rings is 1. The number of nitrogens with two attached hydrogens (primary N) is 1. The van der Waals surface area contributed by atoms with Crippen LogP contribution in [0.25, 0.3) is 0 Å². The number of benzene rings is 1. The van der Waals surface area contributed by atoms with Gasteiger partial charge in [-0.25, -0.2) is 8.78 Å². The second kappa shape index (κ2) is 5.60. The van der Waals surface area contributed by atoms with E-state index < -0.39 is 23.1 Å². The van der Waals surface area contributed by atoms with Gasteiger partial charge in [-0.3, -0.25) is 4.79 Å². The molecule has 114 valence electrons. The van der Waals surface area contributed by atoms with Crippen LogP contribution in [0.3, 0.4) is 0 Å². The summed E-state index contributed by atoms with van der Waals surface area (Å²) >= 11 is 0. The maximum Gasteiger partial charge on any atom is 0.260 e. The molecule has 6 heteroatoms. The minimum atomic E-state index is -0.973. The Morgan fingerprint density at radius 2 is 2.05 bits per heavy atom. The number of hydrogen-bond acceptors (Lipinski definition) is 3. The van der Waals surface area contributed by atoms with Gasteiger partial charge >= 0.3 is 0 Å². The van der Waals surface area contributed by atoms with E-state index in [0.717, 1.165) is 37.8 Å². The van der Waals surface area contributed by atoms with Crippen molar-refractivity contribution in [3.8, 4) is 0 Å². The number of fused-ring (bicyclic) bond motifs is 1. The van der Waals surface area contributed by atoms with Gasteiger partial charge in [0.1, 0.15) is 11.4 Å². The molecular weight excluding hydrogens is 278 g/mol. The van der Waals surface area contributed by atoms with Crippen LogP contribution < -0.4 is 5.73 Å². The Hall–Kier alpha value is -1.69. The van der Waals surface area contributed by atoms with Crippen LogP contribution in [-0.4, -0.2) is 36.1 Å². The number of nitrogen functional groups attached to an aromatic ring is 1. The molecule has 3 rings (SSSR count). The van der Waals surface area contributed by atoms with Crippen LogP contribution in [0.1, 0.15) is 36.0 Å². The van der Waals surface area contributed by atoms with Crippen molar-refractivity contribution in [1.29, 1.82) is 0 Å². The lowest BCUT2D eigenvalue weighted by molar-refractivity contribution is -0.0754. The van der Waals surface area contributed by atoms with Crippen molar-refractivity contribution in [2.24, 2.45) is 0 Å². The Bertz CT molecular complexity index is 563.